The van der Waals surface area contributed by atoms with Crippen LogP contribution in [0.2, 0.25) is 0 Å². The first-order chi connectivity index (χ1) is 14.2. The fourth-order valence-electron chi connectivity index (χ4n) is 2.28. The third kappa shape index (κ3) is 12.0. The quantitative estimate of drug-likeness (QED) is 0.258. The third-order valence-corrected chi connectivity index (χ3v) is 3.58. The summed E-state index contributed by atoms with van der Waals surface area (Å²) in [7, 11) is 0. The average Bonchev–Trinajstić information content (AvgIpc) is 2.68. The molecule has 0 fully saturated rings. The second kappa shape index (κ2) is 14.6. The van der Waals surface area contributed by atoms with Gasteiger partial charge in [0, 0.05) is 0 Å². The molecule has 0 radical (unpaired) electrons. The first kappa shape index (κ1) is 27.6. The van der Waals surface area contributed by atoms with Crippen molar-refractivity contribution < 1.29 is 39.6 Å². The number of carbonyl (C=O) groups excluding carboxylic acids is 4. The van der Waals surface area contributed by atoms with Gasteiger partial charge in [0.25, 0.3) is 0 Å². The van der Waals surface area contributed by atoms with Gasteiger partial charge in [-0.2, -0.15) is 0 Å². The van der Waals surface area contributed by atoms with E-state index >= 15 is 0 Å². The maximum Gasteiger partial charge on any atom is 4.00 e. The molecule has 0 atom stereocenters. The Morgan fingerprint density at radius 1 is 0.581 bits per heavy atom. The summed E-state index contributed by atoms with van der Waals surface area (Å²) < 4.78 is 0. The standard InChI is InChI=1S/2C11H10O4.Sn/c2*12-10(13)7-9(11(14)15)6-8-4-2-1-3-5-8;/h2*1-5,7H,6H2,(H,12,13)(H,14,15);/q;;+4/p-4/b2*9-7-;. The van der Waals surface area contributed by atoms with E-state index in [0.717, 1.165) is 0 Å². The van der Waals surface area contributed by atoms with Crippen LogP contribution in [0.5, 0.6) is 0 Å². The Balaban J connectivity index is 0.000000562. The summed E-state index contributed by atoms with van der Waals surface area (Å²) in [6, 6.07) is 17.3. The van der Waals surface area contributed by atoms with Crippen molar-refractivity contribution in [3.05, 3.63) is 95.1 Å². The second-order valence-electron chi connectivity index (χ2n) is 5.88. The molecule has 156 valence electrons. The molecule has 2 aromatic rings. The fourth-order valence-corrected chi connectivity index (χ4v) is 2.28. The van der Waals surface area contributed by atoms with Crippen LogP contribution < -0.4 is 20.4 Å². The minimum atomic E-state index is -1.54. The van der Waals surface area contributed by atoms with Crippen LogP contribution in [0.15, 0.2) is 84.0 Å². The van der Waals surface area contributed by atoms with Gasteiger partial charge >= 0.3 is 23.9 Å². The van der Waals surface area contributed by atoms with Crippen molar-refractivity contribution in [3.63, 3.8) is 0 Å². The summed E-state index contributed by atoms with van der Waals surface area (Å²) >= 11 is 0. The van der Waals surface area contributed by atoms with Gasteiger partial charge < -0.3 is 39.6 Å². The van der Waals surface area contributed by atoms with E-state index in [4.69, 9.17) is 0 Å². The minimum Gasteiger partial charge on any atom is -0.545 e. The minimum absolute atomic E-state index is 0. The molecule has 9 heteroatoms. The van der Waals surface area contributed by atoms with Crippen molar-refractivity contribution in [2.75, 3.05) is 0 Å². The van der Waals surface area contributed by atoms with Crippen LogP contribution >= 0.6 is 0 Å². The molecule has 2 rings (SSSR count). The van der Waals surface area contributed by atoms with E-state index < -0.39 is 23.9 Å². The van der Waals surface area contributed by atoms with E-state index in [0.29, 0.717) is 23.3 Å². The van der Waals surface area contributed by atoms with E-state index in [1.807, 2.05) is 0 Å². The summed E-state index contributed by atoms with van der Waals surface area (Å²) in [4.78, 5) is 41.6. The molecule has 0 aliphatic heterocycles. The number of benzene rings is 2. The normalized spacial score (nSPS) is 10.7. The number of hydrogen-bond donors (Lipinski definition) is 0. The molecule has 2 aromatic carbocycles. The Labute approximate surface area is 195 Å². The van der Waals surface area contributed by atoms with Crippen molar-refractivity contribution in [1.82, 2.24) is 0 Å². The van der Waals surface area contributed by atoms with Crippen molar-refractivity contribution in [3.8, 4) is 0 Å². The predicted octanol–water partition coefficient (Wildman–Crippen LogP) is -3.07. The second-order valence-corrected chi connectivity index (χ2v) is 5.88. The topological polar surface area (TPSA) is 161 Å². The van der Waals surface area contributed by atoms with E-state index in [2.05, 4.69) is 0 Å². The summed E-state index contributed by atoms with van der Waals surface area (Å²) in [5, 5.41) is 41.6. The molecule has 0 spiro atoms. The van der Waals surface area contributed by atoms with Crippen molar-refractivity contribution in [2.24, 2.45) is 0 Å². The largest absolute Gasteiger partial charge is 4.00 e. The summed E-state index contributed by atoms with van der Waals surface area (Å²) in [5.41, 5.74) is 0.797. The van der Waals surface area contributed by atoms with E-state index in [1.54, 1.807) is 60.7 Å². The van der Waals surface area contributed by atoms with Gasteiger partial charge in [-0.25, -0.2) is 0 Å². The van der Waals surface area contributed by atoms with E-state index in [1.165, 1.54) is 0 Å². The van der Waals surface area contributed by atoms with Gasteiger partial charge in [0.05, 0.1) is 23.9 Å². The SMILES string of the molecule is O=C([O-])/C=C(/Cc1ccccc1)C(=O)[O-].O=C([O-])/C=C(/Cc1ccccc1)C(=O)[O-].[Sn+4]. The molecule has 0 saturated carbocycles. The monoisotopic (exact) mass is 528 g/mol. The van der Waals surface area contributed by atoms with Gasteiger partial charge in [-0.05, 0) is 47.3 Å². The summed E-state index contributed by atoms with van der Waals surface area (Å²) in [6.07, 6.45) is 1.11. The van der Waals surface area contributed by atoms with Gasteiger partial charge in [-0.1, -0.05) is 60.7 Å². The Morgan fingerprint density at radius 3 is 1.10 bits per heavy atom. The van der Waals surface area contributed by atoms with Crippen LogP contribution in [-0.4, -0.2) is 47.8 Å². The van der Waals surface area contributed by atoms with Crippen LogP contribution in [0.3, 0.4) is 0 Å². The number of hydrogen-bond acceptors (Lipinski definition) is 8. The number of rotatable bonds is 8. The van der Waals surface area contributed by atoms with E-state index in [9.17, 15) is 39.6 Å². The van der Waals surface area contributed by atoms with Gasteiger partial charge in [-0.15, -0.1) is 0 Å². The Hall–Kier alpha value is -3.40. The van der Waals surface area contributed by atoms with Gasteiger partial charge in [-0.3, -0.25) is 0 Å². The fraction of sp³-hybridized carbons (Fsp3) is 0.0909. The van der Waals surface area contributed by atoms with Crippen LogP contribution in [0.4, 0.5) is 0 Å². The number of carboxylic acid groups (broad SMARTS) is 4. The van der Waals surface area contributed by atoms with Crippen molar-refractivity contribution >= 4 is 47.8 Å². The molecule has 0 heterocycles. The number of carboxylic acids is 4. The molecule has 0 N–H and O–H groups in total. The number of aliphatic carboxylic acids is 4. The average molecular weight is 527 g/mol. The zero-order valence-corrected chi connectivity index (χ0v) is 19.0. The molecule has 0 aliphatic carbocycles. The van der Waals surface area contributed by atoms with Crippen LogP contribution in [0.25, 0.3) is 0 Å². The first-order valence-corrected chi connectivity index (χ1v) is 8.52. The summed E-state index contributed by atoms with van der Waals surface area (Å²) in [5.74, 6) is -6.07. The molecule has 31 heavy (non-hydrogen) atoms. The molecule has 0 aliphatic rings. The predicted molar refractivity (Wildman–Crippen MR) is 102 cm³/mol. The van der Waals surface area contributed by atoms with Gasteiger partial charge in [0.15, 0.2) is 0 Å². The Bertz CT molecular complexity index is 870. The zero-order valence-electron chi connectivity index (χ0n) is 16.1. The van der Waals surface area contributed by atoms with Gasteiger partial charge in [0.2, 0.25) is 0 Å². The van der Waals surface area contributed by atoms with Crippen LogP contribution in [0, 0.1) is 0 Å². The Kier molecular flexibility index (Phi) is 13.0. The molecule has 0 saturated heterocycles. The van der Waals surface area contributed by atoms with Crippen LogP contribution in [0.1, 0.15) is 11.1 Å². The molecular weight excluding hydrogens is 511 g/mol. The zero-order chi connectivity index (χ0) is 22.5. The van der Waals surface area contributed by atoms with Crippen LogP contribution in [-0.2, 0) is 32.0 Å². The Morgan fingerprint density at radius 2 is 0.871 bits per heavy atom. The van der Waals surface area contributed by atoms with Crippen molar-refractivity contribution in [2.45, 2.75) is 12.8 Å². The summed E-state index contributed by atoms with van der Waals surface area (Å²) in [6.45, 7) is 0. The van der Waals surface area contributed by atoms with E-state index in [-0.39, 0.29) is 47.9 Å². The van der Waals surface area contributed by atoms with Crippen molar-refractivity contribution in [1.29, 1.82) is 0 Å². The molecule has 0 amide bonds. The molecule has 0 unspecified atom stereocenters. The molecule has 0 bridgehead atoms. The molecule has 0 aromatic heterocycles. The maximum absolute atomic E-state index is 10.6. The maximum atomic E-state index is 10.6. The number of carbonyl (C=O) groups is 4. The first-order valence-electron chi connectivity index (χ1n) is 8.52. The van der Waals surface area contributed by atoms with Gasteiger partial charge in [0.1, 0.15) is 0 Å². The molecule has 8 nitrogen and oxygen atoms in total. The molecular formula is C22H16O8Sn. The third-order valence-electron chi connectivity index (χ3n) is 3.58. The smallest absolute Gasteiger partial charge is 0.545 e.